The lowest BCUT2D eigenvalue weighted by Crippen LogP contribution is -2.52. The van der Waals surface area contributed by atoms with Crippen molar-refractivity contribution in [2.45, 2.75) is 55.5 Å². The molecular weight excluding hydrogens is 440 g/mol. The Kier molecular flexibility index (Phi) is 8.02. The van der Waals surface area contributed by atoms with Gasteiger partial charge < -0.3 is 19.7 Å². The van der Waals surface area contributed by atoms with Gasteiger partial charge in [0.25, 0.3) is 0 Å². The zero-order chi connectivity index (χ0) is 24.0. The summed E-state index contributed by atoms with van der Waals surface area (Å²) in [6.07, 6.45) is -0.125. The summed E-state index contributed by atoms with van der Waals surface area (Å²) in [5.74, 6) is 0.389. The van der Waals surface area contributed by atoms with E-state index in [0.29, 0.717) is 12.3 Å². The number of alkyl carbamates (subject to hydrolysis) is 1. The van der Waals surface area contributed by atoms with Crippen LogP contribution in [0.2, 0.25) is 0 Å². The standard InChI is InChI=1S/C25H30N2O5S/c1-25(2,3)32-24(30)26-20(16-17-10-12-18(31-4)13-11-17)22(29)27-15-14-21(28)23(27)33-19-8-6-5-7-9-19/h5-13,20,23H,14-16H2,1-4H3,(H,26,30)/t20-,23-/m0/s1. The minimum Gasteiger partial charge on any atom is -0.497 e. The fourth-order valence-corrected chi connectivity index (χ4v) is 4.63. The molecule has 0 saturated carbocycles. The Hall–Kier alpha value is -3.00. The quantitative estimate of drug-likeness (QED) is 0.657. The van der Waals surface area contributed by atoms with E-state index < -0.39 is 23.1 Å². The van der Waals surface area contributed by atoms with Crippen LogP contribution in [0.3, 0.4) is 0 Å². The van der Waals surface area contributed by atoms with E-state index in [0.717, 1.165) is 10.5 Å². The number of rotatable bonds is 7. The molecule has 1 fully saturated rings. The van der Waals surface area contributed by atoms with Crippen LogP contribution >= 0.6 is 11.8 Å². The number of nitrogens with zero attached hydrogens (tertiary/aromatic N) is 1. The number of amides is 2. The maximum Gasteiger partial charge on any atom is 0.408 e. The molecule has 0 aliphatic carbocycles. The van der Waals surface area contributed by atoms with Crippen molar-refractivity contribution in [3.8, 4) is 5.75 Å². The second-order valence-corrected chi connectivity index (χ2v) is 9.94. The highest BCUT2D eigenvalue weighted by molar-refractivity contribution is 8.00. The van der Waals surface area contributed by atoms with E-state index >= 15 is 0 Å². The molecular formula is C25H30N2O5S. The molecule has 33 heavy (non-hydrogen) atoms. The summed E-state index contributed by atoms with van der Waals surface area (Å²) in [6.45, 7) is 5.60. The molecule has 0 aromatic heterocycles. The lowest BCUT2D eigenvalue weighted by atomic mass is 10.0. The zero-order valence-electron chi connectivity index (χ0n) is 19.4. The summed E-state index contributed by atoms with van der Waals surface area (Å²) in [6, 6.07) is 15.9. The van der Waals surface area contributed by atoms with E-state index in [1.165, 1.54) is 11.8 Å². The van der Waals surface area contributed by atoms with Crippen LogP contribution in [0.1, 0.15) is 32.8 Å². The van der Waals surface area contributed by atoms with Gasteiger partial charge in [-0.05, 0) is 50.6 Å². The summed E-state index contributed by atoms with van der Waals surface area (Å²) in [7, 11) is 1.58. The van der Waals surface area contributed by atoms with Gasteiger partial charge >= 0.3 is 6.09 Å². The third-order valence-corrected chi connectivity index (χ3v) is 6.30. The number of thioether (sulfide) groups is 1. The van der Waals surface area contributed by atoms with Gasteiger partial charge in [-0.3, -0.25) is 9.59 Å². The predicted molar refractivity (Wildman–Crippen MR) is 127 cm³/mol. The number of benzene rings is 2. The van der Waals surface area contributed by atoms with Crippen LogP contribution in [-0.2, 0) is 20.7 Å². The highest BCUT2D eigenvalue weighted by Gasteiger charge is 2.40. The molecule has 3 rings (SSSR count). The number of ether oxygens (including phenoxy) is 2. The van der Waals surface area contributed by atoms with Gasteiger partial charge in [-0.2, -0.15) is 0 Å². The summed E-state index contributed by atoms with van der Waals surface area (Å²) in [4.78, 5) is 41.2. The maximum atomic E-state index is 13.6. The van der Waals surface area contributed by atoms with Gasteiger partial charge in [0.15, 0.2) is 5.78 Å². The van der Waals surface area contributed by atoms with E-state index in [-0.39, 0.29) is 24.5 Å². The van der Waals surface area contributed by atoms with Gasteiger partial charge in [-0.1, -0.05) is 42.1 Å². The van der Waals surface area contributed by atoms with Crippen LogP contribution < -0.4 is 10.1 Å². The molecule has 1 saturated heterocycles. The molecule has 1 N–H and O–H groups in total. The van der Waals surface area contributed by atoms with Crippen molar-refractivity contribution in [1.29, 1.82) is 0 Å². The Labute approximate surface area is 198 Å². The van der Waals surface area contributed by atoms with Crippen molar-refractivity contribution in [3.05, 3.63) is 60.2 Å². The second kappa shape index (κ2) is 10.7. The topological polar surface area (TPSA) is 84.9 Å². The monoisotopic (exact) mass is 470 g/mol. The number of hydrogen-bond acceptors (Lipinski definition) is 6. The van der Waals surface area contributed by atoms with Crippen molar-refractivity contribution in [1.82, 2.24) is 10.2 Å². The number of nitrogens with one attached hydrogen (secondary N) is 1. The minimum atomic E-state index is -0.877. The van der Waals surface area contributed by atoms with Crippen molar-refractivity contribution >= 4 is 29.5 Å². The molecule has 2 aromatic rings. The molecule has 0 unspecified atom stereocenters. The fourth-order valence-electron chi connectivity index (χ4n) is 3.48. The van der Waals surface area contributed by atoms with Crippen LogP contribution in [0, 0.1) is 0 Å². The molecule has 176 valence electrons. The van der Waals surface area contributed by atoms with Gasteiger partial charge in [0.1, 0.15) is 22.8 Å². The average molecular weight is 471 g/mol. The Morgan fingerprint density at radius 1 is 1.12 bits per heavy atom. The molecule has 2 amide bonds. The second-order valence-electron chi connectivity index (χ2n) is 8.78. The number of carbonyl (C=O) groups excluding carboxylic acids is 3. The first-order valence-electron chi connectivity index (χ1n) is 10.8. The Bertz CT molecular complexity index is 973. The molecule has 0 spiro atoms. The Morgan fingerprint density at radius 3 is 2.39 bits per heavy atom. The van der Waals surface area contributed by atoms with Crippen LogP contribution in [0.5, 0.6) is 5.75 Å². The molecule has 1 heterocycles. The molecule has 0 radical (unpaired) electrons. The molecule has 2 atom stereocenters. The summed E-state index contributed by atoms with van der Waals surface area (Å²) >= 11 is 1.35. The molecule has 0 bridgehead atoms. The molecule has 1 aliphatic rings. The van der Waals surface area contributed by atoms with Crippen LogP contribution in [-0.4, -0.2) is 53.4 Å². The highest BCUT2D eigenvalue weighted by atomic mass is 32.2. The Balaban J connectivity index is 1.81. The molecule has 8 heteroatoms. The first-order chi connectivity index (χ1) is 15.7. The van der Waals surface area contributed by atoms with E-state index in [2.05, 4.69) is 5.32 Å². The van der Waals surface area contributed by atoms with E-state index in [1.54, 1.807) is 44.9 Å². The van der Waals surface area contributed by atoms with Crippen LogP contribution in [0.15, 0.2) is 59.5 Å². The normalized spacial score (nSPS) is 16.9. The van der Waals surface area contributed by atoms with Crippen molar-refractivity contribution < 1.29 is 23.9 Å². The maximum absolute atomic E-state index is 13.6. The third kappa shape index (κ3) is 6.99. The smallest absolute Gasteiger partial charge is 0.408 e. The SMILES string of the molecule is COc1ccc(C[C@H](NC(=O)OC(C)(C)C)C(=O)N2CCC(=O)[C@@H]2Sc2ccccc2)cc1. The molecule has 7 nitrogen and oxygen atoms in total. The van der Waals surface area contributed by atoms with Crippen molar-refractivity contribution in [2.75, 3.05) is 13.7 Å². The number of methoxy groups -OCH3 is 1. The van der Waals surface area contributed by atoms with Crippen molar-refractivity contribution in [3.63, 3.8) is 0 Å². The molecule has 2 aromatic carbocycles. The van der Waals surface area contributed by atoms with E-state index in [1.807, 2.05) is 42.5 Å². The van der Waals surface area contributed by atoms with Crippen LogP contribution in [0.4, 0.5) is 4.79 Å². The van der Waals surface area contributed by atoms with Crippen LogP contribution in [0.25, 0.3) is 0 Å². The Morgan fingerprint density at radius 2 is 1.79 bits per heavy atom. The third-order valence-electron chi connectivity index (χ3n) is 5.02. The number of hydrogen-bond donors (Lipinski definition) is 1. The fraction of sp³-hybridized carbons (Fsp3) is 0.400. The number of ketones is 1. The lowest BCUT2D eigenvalue weighted by molar-refractivity contribution is -0.134. The number of carbonyl (C=O) groups is 3. The summed E-state index contributed by atoms with van der Waals surface area (Å²) in [5.41, 5.74) is 0.149. The average Bonchev–Trinajstić information content (AvgIpc) is 3.13. The highest BCUT2D eigenvalue weighted by Crippen LogP contribution is 2.31. The van der Waals surface area contributed by atoms with Gasteiger partial charge in [0, 0.05) is 24.3 Å². The largest absolute Gasteiger partial charge is 0.497 e. The van der Waals surface area contributed by atoms with Gasteiger partial charge in [0.2, 0.25) is 5.91 Å². The summed E-state index contributed by atoms with van der Waals surface area (Å²) in [5, 5.41) is 2.10. The van der Waals surface area contributed by atoms with E-state index in [4.69, 9.17) is 9.47 Å². The lowest BCUT2D eigenvalue weighted by Gasteiger charge is -2.29. The molecule has 1 aliphatic heterocycles. The number of likely N-dealkylation sites (tertiary alicyclic amines) is 1. The first-order valence-corrected chi connectivity index (χ1v) is 11.7. The van der Waals surface area contributed by atoms with Gasteiger partial charge in [-0.15, -0.1) is 0 Å². The van der Waals surface area contributed by atoms with Crippen molar-refractivity contribution in [2.24, 2.45) is 0 Å². The first kappa shape index (κ1) is 24.6. The zero-order valence-corrected chi connectivity index (χ0v) is 20.2. The van der Waals surface area contributed by atoms with Gasteiger partial charge in [-0.25, -0.2) is 4.79 Å². The van der Waals surface area contributed by atoms with Gasteiger partial charge in [0.05, 0.1) is 7.11 Å². The summed E-state index contributed by atoms with van der Waals surface area (Å²) < 4.78 is 10.6. The van der Waals surface area contributed by atoms with E-state index in [9.17, 15) is 14.4 Å². The predicted octanol–water partition coefficient (Wildman–Crippen LogP) is 4.05. The minimum absolute atomic E-state index is 0.00216. The number of Topliss-reactive ketones (excluding diaryl/α,β-unsaturated/α-hetero) is 1.